The number of hydrogen-bond acceptors (Lipinski definition) is 3. The van der Waals surface area contributed by atoms with Crippen molar-refractivity contribution < 1.29 is 4.42 Å². The third-order valence-electron chi connectivity index (χ3n) is 4.45. The maximum absolute atomic E-state index is 6.00. The summed E-state index contributed by atoms with van der Waals surface area (Å²) in [4.78, 5) is 4.41. The van der Waals surface area contributed by atoms with Crippen LogP contribution in [0.3, 0.4) is 0 Å². The van der Waals surface area contributed by atoms with E-state index in [-0.39, 0.29) is 0 Å². The van der Waals surface area contributed by atoms with Crippen molar-refractivity contribution in [2.45, 2.75) is 13.8 Å². The Kier molecular flexibility index (Phi) is 5.02. The van der Waals surface area contributed by atoms with Crippen LogP contribution < -0.4 is 0 Å². The monoisotopic (exact) mass is 367 g/mol. The topological polar surface area (TPSA) is 43.9 Å². The van der Waals surface area contributed by atoms with Crippen LogP contribution in [0.5, 0.6) is 0 Å². The molecule has 0 spiro atoms. The Morgan fingerprint density at radius 1 is 0.929 bits per heavy atom. The molecule has 0 radical (unpaired) electrons. The minimum atomic E-state index is 0.712. The first-order valence-corrected chi connectivity index (χ1v) is 9.22. The van der Waals surface area contributed by atoms with Gasteiger partial charge in [-0.15, -0.1) is 5.10 Å². The molecule has 4 aromatic rings. The highest BCUT2D eigenvalue weighted by atomic mass is 16.3. The first-order chi connectivity index (χ1) is 13.7. The second-order valence-electron chi connectivity index (χ2n) is 6.47. The second-order valence-corrected chi connectivity index (χ2v) is 6.47. The van der Waals surface area contributed by atoms with E-state index in [1.165, 1.54) is 0 Å². The second kappa shape index (κ2) is 7.92. The summed E-state index contributed by atoms with van der Waals surface area (Å²) in [6.07, 6.45) is 9.67. The third-order valence-corrected chi connectivity index (χ3v) is 4.45. The molecular formula is C24H21N3O. The van der Waals surface area contributed by atoms with Gasteiger partial charge in [-0.2, -0.15) is 0 Å². The van der Waals surface area contributed by atoms with E-state index >= 15 is 0 Å². The molecule has 0 atom stereocenters. The van der Waals surface area contributed by atoms with Gasteiger partial charge in [0.1, 0.15) is 17.8 Å². The molecule has 2 aromatic carbocycles. The standard InChI is InChI=1S/C24H21N3O/c1-3-4-6-11-22-18(2)16-23(28-22)19-12-14-21(15-13-19)27-17-25-24(26-27)20-9-7-5-8-10-20/h3-17H,1-2H3/b4-3-,11-6-. The maximum atomic E-state index is 6.00. The van der Waals surface area contributed by atoms with Crippen molar-refractivity contribution in [3.8, 4) is 28.4 Å². The van der Waals surface area contributed by atoms with Gasteiger partial charge in [-0.1, -0.05) is 48.6 Å². The lowest BCUT2D eigenvalue weighted by atomic mass is 10.1. The van der Waals surface area contributed by atoms with Gasteiger partial charge >= 0.3 is 0 Å². The normalized spacial score (nSPS) is 11.6. The van der Waals surface area contributed by atoms with Crippen LogP contribution in [0.1, 0.15) is 18.2 Å². The SMILES string of the molecule is C/C=C\C=C/c1oc(-c2ccc(-n3cnc(-c4ccccc4)n3)cc2)cc1C. The predicted octanol–water partition coefficient (Wildman–Crippen LogP) is 6.09. The number of benzene rings is 2. The summed E-state index contributed by atoms with van der Waals surface area (Å²) in [6, 6.07) is 20.1. The minimum Gasteiger partial charge on any atom is -0.456 e. The Labute approximate surface area is 164 Å². The number of aryl methyl sites for hydroxylation is 1. The Morgan fingerprint density at radius 3 is 2.46 bits per heavy atom. The van der Waals surface area contributed by atoms with Crippen LogP contribution in [0.25, 0.3) is 34.5 Å². The molecule has 0 aliphatic carbocycles. The fraction of sp³-hybridized carbons (Fsp3) is 0.0833. The maximum Gasteiger partial charge on any atom is 0.181 e. The van der Waals surface area contributed by atoms with Crippen LogP contribution in [0.15, 0.2) is 89.6 Å². The van der Waals surface area contributed by atoms with Crippen molar-refractivity contribution in [3.05, 3.63) is 96.5 Å². The molecule has 28 heavy (non-hydrogen) atoms. The number of nitrogens with zero attached hydrogens (tertiary/aromatic N) is 3. The lowest BCUT2D eigenvalue weighted by molar-refractivity contribution is 0.569. The Morgan fingerprint density at radius 2 is 1.71 bits per heavy atom. The first kappa shape index (κ1) is 17.7. The van der Waals surface area contributed by atoms with Crippen molar-refractivity contribution in [1.29, 1.82) is 0 Å². The molecule has 0 aliphatic heterocycles. The zero-order chi connectivity index (χ0) is 19.3. The summed E-state index contributed by atoms with van der Waals surface area (Å²) in [5.41, 5.74) is 4.10. The molecule has 2 heterocycles. The molecule has 0 aliphatic rings. The molecule has 2 aromatic heterocycles. The van der Waals surface area contributed by atoms with Gasteiger partial charge in [0.15, 0.2) is 5.82 Å². The summed E-state index contributed by atoms with van der Waals surface area (Å²) < 4.78 is 7.78. The highest BCUT2D eigenvalue weighted by Crippen LogP contribution is 2.27. The molecule has 138 valence electrons. The summed E-state index contributed by atoms with van der Waals surface area (Å²) in [7, 11) is 0. The summed E-state index contributed by atoms with van der Waals surface area (Å²) in [5.74, 6) is 2.44. The van der Waals surface area contributed by atoms with Gasteiger partial charge in [0, 0.05) is 11.1 Å². The molecule has 0 N–H and O–H groups in total. The minimum absolute atomic E-state index is 0.712. The van der Waals surface area contributed by atoms with Crippen molar-refractivity contribution in [3.63, 3.8) is 0 Å². The van der Waals surface area contributed by atoms with Crippen molar-refractivity contribution in [1.82, 2.24) is 14.8 Å². The van der Waals surface area contributed by atoms with Crippen molar-refractivity contribution in [2.75, 3.05) is 0 Å². The van der Waals surface area contributed by atoms with Crippen LogP contribution in [-0.4, -0.2) is 14.8 Å². The summed E-state index contributed by atoms with van der Waals surface area (Å²) >= 11 is 0. The highest BCUT2D eigenvalue weighted by molar-refractivity contribution is 5.63. The summed E-state index contributed by atoms with van der Waals surface area (Å²) in [6.45, 7) is 4.04. The lowest BCUT2D eigenvalue weighted by Crippen LogP contribution is -1.94. The quantitative estimate of drug-likeness (QED) is 0.401. The van der Waals surface area contributed by atoms with Gasteiger partial charge in [-0.05, 0) is 55.8 Å². The van der Waals surface area contributed by atoms with Crippen LogP contribution >= 0.6 is 0 Å². The molecule has 0 saturated carbocycles. The molecule has 0 fully saturated rings. The van der Waals surface area contributed by atoms with Crippen molar-refractivity contribution in [2.24, 2.45) is 0 Å². The summed E-state index contributed by atoms with van der Waals surface area (Å²) in [5, 5.41) is 4.58. The number of rotatable bonds is 5. The van der Waals surface area contributed by atoms with E-state index in [1.807, 2.05) is 85.8 Å². The van der Waals surface area contributed by atoms with Gasteiger partial charge in [0.2, 0.25) is 0 Å². The van der Waals surface area contributed by atoms with Gasteiger partial charge in [0.25, 0.3) is 0 Å². The molecule has 0 saturated heterocycles. The van der Waals surface area contributed by atoms with Crippen LogP contribution in [0.2, 0.25) is 0 Å². The molecule has 4 heteroatoms. The smallest absolute Gasteiger partial charge is 0.181 e. The Hall–Kier alpha value is -3.66. The number of furan rings is 1. The van der Waals surface area contributed by atoms with E-state index in [0.717, 1.165) is 33.9 Å². The van der Waals surface area contributed by atoms with E-state index in [9.17, 15) is 0 Å². The zero-order valence-corrected chi connectivity index (χ0v) is 15.9. The largest absolute Gasteiger partial charge is 0.456 e. The number of allylic oxidation sites excluding steroid dienone is 3. The lowest BCUT2D eigenvalue weighted by Gasteiger charge is -2.02. The molecule has 0 unspecified atom stereocenters. The molecule has 4 nitrogen and oxygen atoms in total. The van der Waals surface area contributed by atoms with Crippen molar-refractivity contribution >= 4 is 6.08 Å². The number of hydrogen-bond donors (Lipinski definition) is 0. The van der Waals surface area contributed by atoms with E-state index in [2.05, 4.69) is 23.1 Å². The van der Waals surface area contributed by atoms with Gasteiger partial charge in [0.05, 0.1) is 5.69 Å². The first-order valence-electron chi connectivity index (χ1n) is 9.22. The van der Waals surface area contributed by atoms with Crippen LogP contribution in [0.4, 0.5) is 0 Å². The Balaban J connectivity index is 1.57. The molecule has 0 amide bonds. The average molecular weight is 367 g/mol. The van der Waals surface area contributed by atoms with Crippen LogP contribution in [0, 0.1) is 6.92 Å². The molecule has 0 bridgehead atoms. The highest BCUT2D eigenvalue weighted by Gasteiger charge is 2.09. The van der Waals surface area contributed by atoms with E-state index in [1.54, 1.807) is 11.0 Å². The van der Waals surface area contributed by atoms with E-state index < -0.39 is 0 Å². The number of aromatic nitrogens is 3. The molecular weight excluding hydrogens is 346 g/mol. The predicted molar refractivity (Wildman–Crippen MR) is 113 cm³/mol. The van der Waals surface area contributed by atoms with Crippen LogP contribution in [-0.2, 0) is 0 Å². The van der Waals surface area contributed by atoms with Gasteiger partial charge < -0.3 is 4.42 Å². The van der Waals surface area contributed by atoms with E-state index in [0.29, 0.717) is 5.82 Å². The molecule has 4 rings (SSSR count). The zero-order valence-electron chi connectivity index (χ0n) is 15.9. The fourth-order valence-corrected chi connectivity index (χ4v) is 2.94. The fourth-order valence-electron chi connectivity index (χ4n) is 2.94. The average Bonchev–Trinajstić information content (AvgIpc) is 3.37. The van der Waals surface area contributed by atoms with Gasteiger partial charge in [-0.25, -0.2) is 9.67 Å². The Bertz CT molecular complexity index is 1120. The van der Waals surface area contributed by atoms with Gasteiger partial charge in [-0.3, -0.25) is 0 Å². The van der Waals surface area contributed by atoms with E-state index in [4.69, 9.17) is 4.42 Å². The third kappa shape index (κ3) is 3.71.